The lowest BCUT2D eigenvalue weighted by Gasteiger charge is -2.18. The molecule has 2 aromatic rings. The monoisotopic (exact) mass is 372 g/mol. The summed E-state index contributed by atoms with van der Waals surface area (Å²) < 4.78 is 70.4. The summed E-state index contributed by atoms with van der Waals surface area (Å²) >= 11 is 0. The minimum Gasteiger partial charge on any atom is -0.473 e. The van der Waals surface area contributed by atoms with Crippen LogP contribution in [0.25, 0.3) is 0 Å². The largest absolute Gasteiger partial charge is 0.473 e. The van der Waals surface area contributed by atoms with E-state index >= 15 is 0 Å². The molecule has 1 aromatic carbocycles. The Hall–Kier alpha value is -2.13. The second-order valence-corrected chi connectivity index (χ2v) is 7.52. The van der Waals surface area contributed by atoms with E-state index in [0.29, 0.717) is 18.4 Å². The van der Waals surface area contributed by atoms with Crippen LogP contribution >= 0.6 is 0 Å². The first-order valence-corrected chi connectivity index (χ1v) is 8.96. The predicted octanol–water partition coefficient (Wildman–Crippen LogP) is 2.94. The van der Waals surface area contributed by atoms with E-state index in [1.165, 1.54) is 0 Å². The summed E-state index contributed by atoms with van der Waals surface area (Å²) in [6.07, 6.45) is -2.99. The first kappa shape index (κ1) is 17.7. The van der Waals surface area contributed by atoms with Gasteiger partial charge < -0.3 is 4.74 Å². The van der Waals surface area contributed by atoms with Gasteiger partial charge in [0.25, 0.3) is 0 Å². The van der Waals surface area contributed by atoms with E-state index in [2.05, 4.69) is 4.98 Å². The fourth-order valence-corrected chi connectivity index (χ4v) is 4.11. The van der Waals surface area contributed by atoms with Gasteiger partial charge >= 0.3 is 6.18 Å². The van der Waals surface area contributed by atoms with Crippen LogP contribution in [0.2, 0.25) is 0 Å². The average molecular weight is 372 g/mol. The quantitative estimate of drug-likeness (QED) is 0.828. The van der Waals surface area contributed by atoms with Crippen LogP contribution in [0.15, 0.2) is 53.6 Å². The summed E-state index contributed by atoms with van der Waals surface area (Å²) in [4.78, 5) is 3.64. The van der Waals surface area contributed by atoms with Crippen molar-refractivity contribution < 1.29 is 26.3 Å². The van der Waals surface area contributed by atoms with Crippen molar-refractivity contribution in [1.29, 1.82) is 0 Å². The Morgan fingerprint density at radius 3 is 2.64 bits per heavy atom. The van der Waals surface area contributed by atoms with E-state index in [4.69, 9.17) is 4.74 Å². The zero-order chi connectivity index (χ0) is 18.1. The summed E-state index contributed by atoms with van der Waals surface area (Å²) in [5.41, 5.74) is -0.992. The second-order valence-electron chi connectivity index (χ2n) is 5.59. The lowest BCUT2D eigenvalue weighted by molar-refractivity contribution is -0.137. The number of rotatable bonds is 4. The number of hydrogen-bond donors (Lipinski definition) is 0. The van der Waals surface area contributed by atoms with E-state index in [1.807, 2.05) is 0 Å². The summed E-state index contributed by atoms with van der Waals surface area (Å²) in [5, 5.41) is 0. The third-order valence-corrected chi connectivity index (χ3v) is 5.69. The average Bonchev–Trinajstić information content (AvgIpc) is 3.04. The van der Waals surface area contributed by atoms with E-state index in [0.717, 1.165) is 22.5 Å². The van der Waals surface area contributed by atoms with Crippen molar-refractivity contribution in [3.05, 3.63) is 54.2 Å². The van der Waals surface area contributed by atoms with Crippen LogP contribution in [-0.2, 0) is 16.2 Å². The van der Waals surface area contributed by atoms with Crippen LogP contribution in [0.3, 0.4) is 0 Å². The molecule has 1 aromatic heterocycles. The van der Waals surface area contributed by atoms with Crippen LogP contribution in [0.4, 0.5) is 13.2 Å². The Balaban J connectivity index is 1.75. The second kappa shape index (κ2) is 6.64. The van der Waals surface area contributed by atoms with Crippen LogP contribution in [0.5, 0.6) is 5.88 Å². The first-order valence-electron chi connectivity index (χ1n) is 7.52. The molecule has 134 valence electrons. The normalized spacial score (nSPS) is 19.1. The number of halogens is 3. The topological polar surface area (TPSA) is 59.5 Å². The number of nitrogens with zero attached hydrogens (tertiary/aromatic N) is 2. The molecule has 0 radical (unpaired) electrons. The third-order valence-electron chi connectivity index (χ3n) is 3.83. The molecule has 0 bridgehead atoms. The van der Waals surface area contributed by atoms with Gasteiger partial charge in [-0.1, -0.05) is 12.1 Å². The molecular formula is C16H15F3N2O3S. The molecule has 1 saturated heterocycles. The molecule has 2 heterocycles. The van der Waals surface area contributed by atoms with Gasteiger partial charge in [-0.25, -0.2) is 13.4 Å². The van der Waals surface area contributed by atoms with Gasteiger partial charge in [0.05, 0.1) is 17.0 Å². The Kier molecular flexibility index (Phi) is 4.70. The number of aromatic nitrogens is 1. The molecule has 1 atom stereocenters. The number of hydrogen-bond acceptors (Lipinski definition) is 4. The molecule has 0 N–H and O–H groups in total. The van der Waals surface area contributed by atoms with Gasteiger partial charge in [-0.15, -0.1) is 0 Å². The molecule has 3 rings (SSSR count). The van der Waals surface area contributed by atoms with Gasteiger partial charge in [0.15, 0.2) is 0 Å². The summed E-state index contributed by atoms with van der Waals surface area (Å²) in [7, 11) is -4.01. The molecule has 0 amide bonds. The van der Waals surface area contributed by atoms with Crippen molar-refractivity contribution in [2.45, 2.75) is 23.6 Å². The highest BCUT2D eigenvalue weighted by molar-refractivity contribution is 7.89. The first-order chi connectivity index (χ1) is 11.8. The molecule has 0 saturated carbocycles. The van der Waals surface area contributed by atoms with Crippen molar-refractivity contribution in [2.24, 2.45) is 0 Å². The fraction of sp³-hybridized carbons (Fsp3) is 0.312. The molecule has 1 unspecified atom stereocenters. The number of ether oxygens (including phenoxy) is 1. The summed E-state index contributed by atoms with van der Waals surface area (Å²) in [6, 6.07) is 8.88. The fourth-order valence-electron chi connectivity index (χ4n) is 2.58. The van der Waals surface area contributed by atoms with E-state index in [9.17, 15) is 21.6 Å². The predicted molar refractivity (Wildman–Crippen MR) is 83.5 cm³/mol. The number of alkyl halides is 3. The minimum atomic E-state index is -4.60. The summed E-state index contributed by atoms with van der Waals surface area (Å²) in [5.74, 6) is 0.380. The number of sulfonamides is 1. The van der Waals surface area contributed by atoms with Crippen LogP contribution in [0, 0.1) is 0 Å². The Labute approximate surface area is 143 Å². The molecule has 9 heteroatoms. The lowest BCUT2D eigenvalue weighted by Crippen LogP contribution is -2.31. The van der Waals surface area contributed by atoms with Crippen molar-refractivity contribution in [3.8, 4) is 5.88 Å². The lowest BCUT2D eigenvalue weighted by atomic mass is 10.2. The van der Waals surface area contributed by atoms with Crippen LogP contribution in [0.1, 0.15) is 12.0 Å². The van der Waals surface area contributed by atoms with Crippen molar-refractivity contribution >= 4 is 10.0 Å². The van der Waals surface area contributed by atoms with E-state index in [-0.39, 0.29) is 18.0 Å². The van der Waals surface area contributed by atoms with Gasteiger partial charge in [-0.3, -0.25) is 0 Å². The molecule has 1 aliphatic heterocycles. The zero-order valence-electron chi connectivity index (χ0n) is 13.0. The van der Waals surface area contributed by atoms with Crippen molar-refractivity contribution in [2.75, 3.05) is 13.1 Å². The molecular weight excluding hydrogens is 357 g/mol. The Morgan fingerprint density at radius 1 is 1.16 bits per heavy atom. The van der Waals surface area contributed by atoms with E-state index < -0.39 is 27.9 Å². The zero-order valence-corrected chi connectivity index (χ0v) is 13.8. The van der Waals surface area contributed by atoms with Gasteiger partial charge in [0.1, 0.15) is 6.10 Å². The van der Waals surface area contributed by atoms with Crippen LogP contribution in [-0.4, -0.2) is 36.9 Å². The molecule has 0 aliphatic carbocycles. The highest BCUT2D eigenvalue weighted by Crippen LogP contribution is 2.32. The minimum absolute atomic E-state index is 0.0646. The van der Waals surface area contributed by atoms with E-state index in [1.54, 1.807) is 24.4 Å². The third kappa shape index (κ3) is 3.93. The van der Waals surface area contributed by atoms with Gasteiger partial charge in [-0.05, 0) is 30.7 Å². The van der Waals surface area contributed by atoms with Gasteiger partial charge in [0.2, 0.25) is 15.9 Å². The van der Waals surface area contributed by atoms with Gasteiger partial charge in [-0.2, -0.15) is 17.5 Å². The highest BCUT2D eigenvalue weighted by atomic mass is 32.2. The van der Waals surface area contributed by atoms with Crippen molar-refractivity contribution in [3.63, 3.8) is 0 Å². The maximum Gasteiger partial charge on any atom is 0.416 e. The number of benzene rings is 1. The molecule has 25 heavy (non-hydrogen) atoms. The molecule has 0 spiro atoms. The maximum absolute atomic E-state index is 12.8. The summed E-state index contributed by atoms with van der Waals surface area (Å²) in [6.45, 7) is 0.241. The standard InChI is InChI=1S/C16H15F3N2O3S/c17-16(18,19)12-4-3-5-14(10-12)25(22,23)21-9-7-13(11-21)24-15-6-1-2-8-20-15/h1-6,8,10,13H,7,9,11H2. The Morgan fingerprint density at radius 2 is 1.96 bits per heavy atom. The van der Waals surface area contributed by atoms with Crippen molar-refractivity contribution in [1.82, 2.24) is 9.29 Å². The SMILES string of the molecule is O=S(=O)(c1cccc(C(F)(F)F)c1)N1CCC(Oc2ccccn2)C1. The maximum atomic E-state index is 12.8. The smallest absolute Gasteiger partial charge is 0.416 e. The van der Waals surface area contributed by atoms with Crippen LogP contribution < -0.4 is 4.74 Å². The molecule has 5 nitrogen and oxygen atoms in total. The molecule has 1 fully saturated rings. The highest BCUT2D eigenvalue weighted by Gasteiger charge is 2.36. The Bertz CT molecular complexity index is 841. The molecule has 1 aliphatic rings. The number of pyridine rings is 1. The van der Waals surface area contributed by atoms with Gasteiger partial charge in [0, 0.05) is 18.8 Å².